The molecule has 0 aliphatic carbocycles. The summed E-state index contributed by atoms with van der Waals surface area (Å²) in [6.45, 7) is 0.967. The van der Waals surface area contributed by atoms with Gasteiger partial charge in [0.25, 0.3) is 0 Å². The molecule has 2 heterocycles. The van der Waals surface area contributed by atoms with Crippen LogP contribution in [0, 0.1) is 0 Å². The fourth-order valence-electron chi connectivity index (χ4n) is 2.29. The molecule has 0 unspecified atom stereocenters. The first-order chi connectivity index (χ1) is 10.1. The smallest absolute Gasteiger partial charge is 0.240 e. The van der Waals surface area contributed by atoms with Crippen LogP contribution in [0.1, 0.15) is 11.1 Å². The van der Waals surface area contributed by atoms with E-state index < -0.39 is 10.0 Å². The predicted molar refractivity (Wildman–Crippen MR) is 78.8 cm³/mol. The van der Waals surface area contributed by atoms with E-state index >= 15 is 0 Å². The minimum absolute atomic E-state index is 0.290. The average molecular weight is 304 g/mol. The predicted octanol–water partition coefficient (Wildman–Crippen LogP) is 1.54. The number of hydrogen-bond acceptors (Lipinski definition) is 4. The SMILES string of the molecule is O=S(=O)(NCCc1cccnc1)c1ccc2c(c1)CCO2. The number of hydrogen-bond donors (Lipinski definition) is 1. The number of sulfonamides is 1. The molecule has 1 aromatic carbocycles. The van der Waals surface area contributed by atoms with Gasteiger partial charge in [-0.1, -0.05) is 6.07 Å². The van der Waals surface area contributed by atoms with Crippen LogP contribution in [0.25, 0.3) is 0 Å². The van der Waals surface area contributed by atoms with Crippen molar-refractivity contribution in [2.75, 3.05) is 13.2 Å². The molecule has 0 spiro atoms. The highest BCUT2D eigenvalue weighted by molar-refractivity contribution is 7.89. The number of ether oxygens (including phenoxy) is 1. The van der Waals surface area contributed by atoms with Gasteiger partial charge in [0.1, 0.15) is 5.75 Å². The molecule has 1 aliphatic heterocycles. The first-order valence-corrected chi connectivity index (χ1v) is 8.28. The molecule has 1 aromatic heterocycles. The van der Waals surface area contributed by atoms with Crippen LogP contribution in [0.2, 0.25) is 0 Å². The van der Waals surface area contributed by atoms with Gasteiger partial charge < -0.3 is 4.74 Å². The zero-order valence-electron chi connectivity index (χ0n) is 11.5. The van der Waals surface area contributed by atoms with Gasteiger partial charge in [0.15, 0.2) is 0 Å². The van der Waals surface area contributed by atoms with Crippen molar-refractivity contribution in [3.8, 4) is 5.75 Å². The molecule has 0 fully saturated rings. The Bertz CT molecular complexity index is 730. The minimum atomic E-state index is -3.48. The minimum Gasteiger partial charge on any atom is -0.493 e. The summed E-state index contributed by atoms with van der Waals surface area (Å²) in [6, 6.07) is 8.75. The lowest BCUT2D eigenvalue weighted by atomic mass is 10.2. The van der Waals surface area contributed by atoms with E-state index in [1.807, 2.05) is 12.1 Å². The van der Waals surface area contributed by atoms with Crippen LogP contribution >= 0.6 is 0 Å². The van der Waals surface area contributed by atoms with Crippen molar-refractivity contribution in [1.29, 1.82) is 0 Å². The number of benzene rings is 1. The summed E-state index contributed by atoms with van der Waals surface area (Å²) in [5.74, 6) is 0.782. The zero-order valence-corrected chi connectivity index (χ0v) is 12.3. The molecule has 1 aliphatic rings. The quantitative estimate of drug-likeness (QED) is 0.910. The van der Waals surface area contributed by atoms with Crippen LogP contribution in [-0.4, -0.2) is 26.6 Å². The van der Waals surface area contributed by atoms with Crippen molar-refractivity contribution in [1.82, 2.24) is 9.71 Å². The van der Waals surface area contributed by atoms with Crippen molar-refractivity contribution < 1.29 is 13.2 Å². The summed E-state index contributed by atoms with van der Waals surface area (Å²) >= 11 is 0. The van der Waals surface area contributed by atoms with Crippen LogP contribution < -0.4 is 9.46 Å². The van der Waals surface area contributed by atoms with Gasteiger partial charge in [0.05, 0.1) is 11.5 Å². The number of fused-ring (bicyclic) bond motifs is 1. The largest absolute Gasteiger partial charge is 0.493 e. The second-order valence-corrected chi connectivity index (χ2v) is 6.64. The molecular weight excluding hydrogens is 288 g/mol. The van der Waals surface area contributed by atoms with Gasteiger partial charge in [0.2, 0.25) is 10.0 Å². The van der Waals surface area contributed by atoms with Crippen LogP contribution in [0.3, 0.4) is 0 Å². The zero-order chi connectivity index (χ0) is 14.7. The van der Waals surface area contributed by atoms with Crippen LogP contribution in [0.5, 0.6) is 5.75 Å². The summed E-state index contributed by atoms with van der Waals surface area (Å²) in [4.78, 5) is 4.30. The van der Waals surface area contributed by atoms with E-state index in [0.717, 1.165) is 23.3 Å². The van der Waals surface area contributed by atoms with Crippen molar-refractivity contribution >= 4 is 10.0 Å². The second-order valence-electron chi connectivity index (χ2n) is 4.88. The highest BCUT2D eigenvalue weighted by atomic mass is 32.2. The van der Waals surface area contributed by atoms with E-state index in [0.29, 0.717) is 19.6 Å². The normalized spacial score (nSPS) is 13.7. The van der Waals surface area contributed by atoms with Crippen molar-refractivity contribution in [2.45, 2.75) is 17.7 Å². The summed E-state index contributed by atoms with van der Waals surface area (Å²) in [7, 11) is -3.48. The molecule has 0 amide bonds. The number of pyridine rings is 1. The van der Waals surface area contributed by atoms with E-state index in [2.05, 4.69) is 9.71 Å². The molecule has 21 heavy (non-hydrogen) atoms. The molecule has 5 nitrogen and oxygen atoms in total. The first-order valence-electron chi connectivity index (χ1n) is 6.79. The lowest BCUT2D eigenvalue weighted by molar-refractivity contribution is 0.356. The molecule has 0 radical (unpaired) electrons. The molecule has 0 saturated carbocycles. The Kier molecular flexibility index (Phi) is 3.90. The molecule has 0 saturated heterocycles. The topological polar surface area (TPSA) is 68.3 Å². The van der Waals surface area contributed by atoms with Crippen molar-refractivity contribution in [2.24, 2.45) is 0 Å². The number of aromatic nitrogens is 1. The van der Waals surface area contributed by atoms with Gasteiger partial charge in [-0.05, 0) is 41.8 Å². The molecule has 1 N–H and O–H groups in total. The van der Waals surface area contributed by atoms with Gasteiger partial charge in [-0.2, -0.15) is 0 Å². The monoisotopic (exact) mass is 304 g/mol. The average Bonchev–Trinajstić information content (AvgIpc) is 2.95. The van der Waals surface area contributed by atoms with Crippen LogP contribution in [-0.2, 0) is 22.9 Å². The Labute approximate surface area is 124 Å². The number of rotatable bonds is 5. The lowest BCUT2D eigenvalue weighted by Crippen LogP contribution is -2.26. The van der Waals surface area contributed by atoms with Gasteiger partial charge in [0, 0.05) is 25.4 Å². The molecule has 6 heteroatoms. The van der Waals surface area contributed by atoms with Crippen molar-refractivity contribution in [3.05, 3.63) is 53.9 Å². The number of nitrogens with zero attached hydrogens (tertiary/aromatic N) is 1. The molecule has 0 bridgehead atoms. The summed E-state index contributed by atoms with van der Waals surface area (Å²) < 4.78 is 32.5. The van der Waals surface area contributed by atoms with E-state index in [1.54, 1.807) is 30.6 Å². The molecule has 110 valence electrons. The lowest BCUT2D eigenvalue weighted by Gasteiger charge is -2.08. The molecule has 0 atom stereocenters. The van der Waals surface area contributed by atoms with Crippen LogP contribution in [0.4, 0.5) is 0 Å². The maximum atomic E-state index is 12.3. The summed E-state index contributed by atoms with van der Waals surface area (Å²) in [5.41, 5.74) is 1.95. The van der Waals surface area contributed by atoms with Gasteiger partial charge in [-0.25, -0.2) is 13.1 Å². The fourth-order valence-corrected chi connectivity index (χ4v) is 3.37. The Morgan fingerprint density at radius 3 is 3.00 bits per heavy atom. The van der Waals surface area contributed by atoms with Crippen molar-refractivity contribution in [3.63, 3.8) is 0 Å². The van der Waals surface area contributed by atoms with Gasteiger partial charge in [-0.15, -0.1) is 0 Å². The fraction of sp³-hybridized carbons (Fsp3) is 0.267. The number of nitrogens with one attached hydrogen (secondary N) is 1. The van der Waals surface area contributed by atoms with Gasteiger partial charge >= 0.3 is 0 Å². The maximum Gasteiger partial charge on any atom is 0.240 e. The Hall–Kier alpha value is -1.92. The van der Waals surface area contributed by atoms with E-state index in [1.165, 1.54) is 0 Å². The summed E-state index contributed by atoms with van der Waals surface area (Å²) in [6.07, 6.45) is 4.80. The highest BCUT2D eigenvalue weighted by Crippen LogP contribution is 2.27. The second kappa shape index (κ2) is 5.83. The van der Waals surface area contributed by atoms with E-state index in [-0.39, 0.29) is 4.90 Å². The third-order valence-electron chi connectivity index (χ3n) is 3.40. The molecular formula is C15H16N2O3S. The Morgan fingerprint density at radius 1 is 1.29 bits per heavy atom. The van der Waals surface area contributed by atoms with E-state index in [4.69, 9.17) is 4.74 Å². The Balaban J connectivity index is 1.67. The van der Waals surface area contributed by atoms with E-state index in [9.17, 15) is 8.42 Å². The first kappa shape index (κ1) is 14.0. The maximum absolute atomic E-state index is 12.3. The van der Waals surface area contributed by atoms with Crippen LogP contribution in [0.15, 0.2) is 47.6 Å². The third kappa shape index (κ3) is 3.22. The standard InChI is InChI=1S/C15H16N2O3S/c18-21(19,17-8-5-12-2-1-7-16-11-12)14-3-4-15-13(10-14)6-9-20-15/h1-4,7,10-11,17H,5-6,8-9H2. The highest BCUT2D eigenvalue weighted by Gasteiger charge is 2.18. The molecule has 2 aromatic rings. The molecule has 3 rings (SSSR count). The summed E-state index contributed by atoms with van der Waals surface area (Å²) in [5, 5.41) is 0. The Morgan fingerprint density at radius 2 is 2.19 bits per heavy atom. The third-order valence-corrected chi connectivity index (χ3v) is 4.86. The van der Waals surface area contributed by atoms with Gasteiger partial charge in [-0.3, -0.25) is 4.98 Å².